The number of fused-ring (bicyclic) bond motifs is 1. The highest BCUT2D eigenvalue weighted by Crippen LogP contribution is 2.29. The third-order valence-electron chi connectivity index (χ3n) is 4.41. The molecule has 1 aliphatic carbocycles. The van der Waals surface area contributed by atoms with Crippen LogP contribution in [0.4, 0.5) is 0 Å². The van der Waals surface area contributed by atoms with E-state index in [0.717, 1.165) is 19.3 Å². The van der Waals surface area contributed by atoms with Crippen LogP contribution in [0.15, 0.2) is 47.0 Å². The highest BCUT2D eigenvalue weighted by molar-refractivity contribution is 7.89. The van der Waals surface area contributed by atoms with Crippen molar-refractivity contribution in [2.24, 2.45) is 0 Å². The van der Waals surface area contributed by atoms with Crippen molar-refractivity contribution in [1.82, 2.24) is 9.71 Å². The Morgan fingerprint density at radius 2 is 2.12 bits per heavy atom. The Morgan fingerprint density at radius 3 is 2.88 bits per heavy atom. The van der Waals surface area contributed by atoms with Crippen molar-refractivity contribution < 1.29 is 13.2 Å². The Labute approximate surface area is 149 Å². The highest BCUT2D eigenvalue weighted by atomic mass is 32.2. The van der Waals surface area contributed by atoms with E-state index in [1.807, 2.05) is 6.92 Å². The number of pyridine rings is 1. The summed E-state index contributed by atoms with van der Waals surface area (Å²) in [6, 6.07) is 6.78. The van der Waals surface area contributed by atoms with Crippen molar-refractivity contribution in [2.75, 3.05) is 13.2 Å². The fourth-order valence-electron chi connectivity index (χ4n) is 3.18. The van der Waals surface area contributed by atoms with Crippen LogP contribution in [0.2, 0.25) is 0 Å². The third kappa shape index (κ3) is 4.19. The number of benzene rings is 1. The van der Waals surface area contributed by atoms with E-state index in [9.17, 15) is 8.42 Å². The number of nitrogens with one attached hydrogen (secondary N) is 1. The maximum atomic E-state index is 12.8. The molecule has 134 valence electrons. The summed E-state index contributed by atoms with van der Waals surface area (Å²) in [5.74, 6) is 0.601. The quantitative estimate of drug-likeness (QED) is 0.763. The lowest BCUT2D eigenvalue weighted by molar-refractivity contribution is 0.343. The number of nitrogens with zero attached hydrogens (tertiary/aromatic N) is 1. The van der Waals surface area contributed by atoms with E-state index < -0.39 is 10.0 Å². The van der Waals surface area contributed by atoms with Crippen molar-refractivity contribution in [1.29, 1.82) is 0 Å². The molecule has 1 aromatic heterocycles. The van der Waals surface area contributed by atoms with E-state index in [-0.39, 0.29) is 4.90 Å². The molecule has 0 unspecified atom stereocenters. The molecule has 6 heteroatoms. The second-order valence-corrected chi connectivity index (χ2v) is 7.89. The second kappa shape index (κ2) is 7.97. The van der Waals surface area contributed by atoms with Crippen molar-refractivity contribution in [2.45, 2.75) is 43.9 Å². The maximum Gasteiger partial charge on any atom is 0.241 e. The first-order valence-electron chi connectivity index (χ1n) is 8.80. The molecular weight excluding hydrogens is 336 g/mol. The van der Waals surface area contributed by atoms with Crippen LogP contribution in [0.1, 0.15) is 39.0 Å². The van der Waals surface area contributed by atoms with Crippen molar-refractivity contribution in [3.8, 4) is 5.75 Å². The Morgan fingerprint density at radius 1 is 1.24 bits per heavy atom. The van der Waals surface area contributed by atoms with Gasteiger partial charge in [-0.1, -0.05) is 11.6 Å². The van der Waals surface area contributed by atoms with Crippen LogP contribution in [-0.4, -0.2) is 26.6 Å². The van der Waals surface area contributed by atoms with Crippen molar-refractivity contribution in [3.05, 3.63) is 42.1 Å². The molecule has 0 radical (unpaired) electrons. The first-order chi connectivity index (χ1) is 12.1. The summed E-state index contributed by atoms with van der Waals surface area (Å²) in [7, 11) is -3.59. The summed E-state index contributed by atoms with van der Waals surface area (Å²) in [5, 5.41) is 0.581. The molecule has 0 atom stereocenters. The first kappa shape index (κ1) is 17.9. The van der Waals surface area contributed by atoms with Crippen LogP contribution in [0.3, 0.4) is 0 Å². The van der Waals surface area contributed by atoms with Crippen LogP contribution < -0.4 is 9.46 Å². The smallest absolute Gasteiger partial charge is 0.241 e. The van der Waals surface area contributed by atoms with Gasteiger partial charge in [0.25, 0.3) is 0 Å². The fourth-order valence-corrected chi connectivity index (χ4v) is 4.41. The Balaban J connectivity index is 1.82. The molecule has 1 aliphatic rings. The van der Waals surface area contributed by atoms with Gasteiger partial charge in [0, 0.05) is 18.1 Å². The van der Waals surface area contributed by atoms with Gasteiger partial charge >= 0.3 is 0 Å². The van der Waals surface area contributed by atoms with Gasteiger partial charge in [0.05, 0.1) is 11.5 Å². The zero-order valence-electron chi connectivity index (χ0n) is 14.5. The predicted molar refractivity (Wildman–Crippen MR) is 99.3 cm³/mol. The standard InChI is InChI=1S/C19H24N2O3S/c1-2-24-17-10-11-18(16-9-6-13-20-19(16)17)25(22,23)21-14-12-15-7-4-3-5-8-15/h6-7,9-11,13,21H,2-5,8,12,14H2,1H3. The van der Waals surface area contributed by atoms with Gasteiger partial charge in [-0.3, -0.25) is 4.98 Å². The van der Waals surface area contributed by atoms with Gasteiger partial charge in [-0.2, -0.15) is 0 Å². The highest BCUT2D eigenvalue weighted by Gasteiger charge is 2.19. The van der Waals surface area contributed by atoms with E-state index >= 15 is 0 Å². The molecule has 0 aliphatic heterocycles. The number of ether oxygens (including phenoxy) is 1. The fraction of sp³-hybridized carbons (Fsp3) is 0.421. The molecule has 1 heterocycles. The Bertz CT molecular complexity index is 875. The Hall–Kier alpha value is -1.92. The van der Waals surface area contributed by atoms with Gasteiger partial charge in [-0.25, -0.2) is 13.1 Å². The molecule has 5 nitrogen and oxygen atoms in total. The van der Waals surface area contributed by atoms with E-state index in [1.165, 1.54) is 18.4 Å². The summed E-state index contributed by atoms with van der Waals surface area (Å²) < 4.78 is 33.8. The lowest BCUT2D eigenvalue weighted by atomic mass is 9.97. The van der Waals surface area contributed by atoms with Gasteiger partial charge < -0.3 is 4.74 Å². The zero-order chi connectivity index (χ0) is 17.7. The number of aromatic nitrogens is 1. The summed E-state index contributed by atoms with van der Waals surface area (Å²) >= 11 is 0. The van der Waals surface area contributed by atoms with Crippen LogP contribution in [0.5, 0.6) is 5.75 Å². The summed E-state index contributed by atoms with van der Waals surface area (Å²) in [4.78, 5) is 4.55. The van der Waals surface area contributed by atoms with E-state index in [4.69, 9.17) is 4.74 Å². The number of sulfonamides is 1. The average Bonchev–Trinajstić information content (AvgIpc) is 2.63. The zero-order valence-corrected chi connectivity index (χ0v) is 15.3. The molecule has 25 heavy (non-hydrogen) atoms. The monoisotopic (exact) mass is 360 g/mol. The lowest BCUT2D eigenvalue weighted by Gasteiger charge is -2.14. The SMILES string of the molecule is CCOc1ccc(S(=O)(=O)NCCC2=CCCCC2)c2cccnc12. The van der Waals surface area contributed by atoms with Gasteiger partial charge in [0.15, 0.2) is 0 Å². The molecular formula is C19H24N2O3S. The van der Waals surface area contributed by atoms with Crippen LogP contribution in [0, 0.1) is 0 Å². The number of hydrogen-bond donors (Lipinski definition) is 1. The van der Waals surface area contributed by atoms with E-state index in [2.05, 4.69) is 15.8 Å². The molecule has 0 amide bonds. The van der Waals surface area contributed by atoms with Crippen molar-refractivity contribution in [3.63, 3.8) is 0 Å². The molecule has 3 rings (SSSR count). The predicted octanol–water partition coefficient (Wildman–Crippen LogP) is 3.80. The normalized spacial score (nSPS) is 15.2. The number of rotatable bonds is 7. The minimum absolute atomic E-state index is 0.247. The summed E-state index contributed by atoms with van der Waals surface area (Å²) in [5.41, 5.74) is 1.93. The number of allylic oxidation sites excluding steroid dienone is 1. The molecule has 0 saturated carbocycles. The third-order valence-corrected chi connectivity index (χ3v) is 5.92. The summed E-state index contributed by atoms with van der Waals surface area (Å²) in [6.07, 6.45) is 9.29. The van der Waals surface area contributed by atoms with Crippen LogP contribution in [0.25, 0.3) is 10.9 Å². The molecule has 1 aromatic carbocycles. The second-order valence-electron chi connectivity index (χ2n) is 6.15. The molecule has 2 aromatic rings. The van der Waals surface area contributed by atoms with Gasteiger partial charge in [0.2, 0.25) is 10.0 Å². The minimum Gasteiger partial charge on any atom is -0.492 e. The van der Waals surface area contributed by atoms with Gasteiger partial charge in [0.1, 0.15) is 11.3 Å². The van der Waals surface area contributed by atoms with Gasteiger partial charge in [-0.05, 0) is 63.3 Å². The summed E-state index contributed by atoms with van der Waals surface area (Å²) in [6.45, 7) is 2.81. The topological polar surface area (TPSA) is 68.3 Å². The average molecular weight is 360 g/mol. The van der Waals surface area contributed by atoms with Crippen LogP contribution >= 0.6 is 0 Å². The lowest BCUT2D eigenvalue weighted by Crippen LogP contribution is -2.25. The largest absolute Gasteiger partial charge is 0.492 e. The molecule has 0 spiro atoms. The molecule has 0 saturated heterocycles. The van der Waals surface area contributed by atoms with Crippen molar-refractivity contribution >= 4 is 20.9 Å². The minimum atomic E-state index is -3.59. The van der Waals surface area contributed by atoms with E-state index in [1.54, 1.807) is 30.5 Å². The van der Waals surface area contributed by atoms with E-state index in [0.29, 0.717) is 29.8 Å². The molecule has 0 bridgehead atoms. The molecule has 1 N–H and O–H groups in total. The number of hydrogen-bond acceptors (Lipinski definition) is 4. The van der Waals surface area contributed by atoms with Crippen LogP contribution in [-0.2, 0) is 10.0 Å². The van der Waals surface area contributed by atoms with Gasteiger partial charge in [-0.15, -0.1) is 0 Å². The first-order valence-corrected chi connectivity index (χ1v) is 10.3. The Kier molecular flexibility index (Phi) is 5.71. The molecule has 0 fully saturated rings. The maximum absolute atomic E-state index is 12.8.